The van der Waals surface area contributed by atoms with E-state index in [4.69, 9.17) is 9.84 Å². The maximum absolute atomic E-state index is 11.9. The number of thiophene rings is 1. The van der Waals surface area contributed by atoms with Gasteiger partial charge in [-0.15, -0.1) is 23.1 Å². The fraction of sp³-hybridized carbons (Fsp3) is 0.545. The summed E-state index contributed by atoms with van der Waals surface area (Å²) in [4.78, 5) is 13.5. The second-order valence-electron chi connectivity index (χ2n) is 3.32. The van der Waals surface area contributed by atoms with Crippen LogP contribution >= 0.6 is 23.1 Å². The quantitative estimate of drug-likeness (QED) is 0.727. The fourth-order valence-electron chi connectivity index (χ4n) is 1.25. The third kappa shape index (κ3) is 5.54. The van der Waals surface area contributed by atoms with Gasteiger partial charge in [-0.3, -0.25) is 4.79 Å². The van der Waals surface area contributed by atoms with Crippen LogP contribution in [0.3, 0.4) is 0 Å². The summed E-state index contributed by atoms with van der Waals surface area (Å²) in [6, 6.07) is 3.96. The topological polar surface area (TPSA) is 49.8 Å². The summed E-state index contributed by atoms with van der Waals surface area (Å²) >= 11 is 3.15. The predicted octanol–water partition coefficient (Wildman–Crippen LogP) is 1.31. The third-order valence-corrected chi connectivity index (χ3v) is 4.24. The lowest BCUT2D eigenvalue weighted by Gasteiger charge is -2.20. The molecule has 1 amide bonds. The lowest BCUT2D eigenvalue weighted by atomic mass is 10.4. The van der Waals surface area contributed by atoms with Gasteiger partial charge in [-0.05, 0) is 11.4 Å². The van der Waals surface area contributed by atoms with E-state index < -0.39 is 0 Å². The van der Waals surface area contributed by atoms with Gasteiger partial charge in [-0.2, -0.15) is 0 Å². The molecule has 0 aliphatic rings. The van der Waals surface area contributed by atoms with E-state index in [1.165, 1.54) is 11.8 Å². The molecule has 6 heteroatoms. The predicted molar refractivity (Wildman–Crippen MR) is 70.6 cm³/mol. The van der Waals surface area contributed by atoms with Gasteiger partial charge in [-0.1, -0.05) is 6.07 Å². The van der Waals surface area contributed by atoms with Crippen LogP contribution in [0.1, 0.15) is 0 Å². The minimum absolute atomic E-state index is 0.0148. The highest BCUT2D eigenvalue weighted by Crippen LogP contribution is 2.23. The maximum Gasteiger partial charge on any atom is 0.233 e. The van der Waals surface area contributed by atoms with Crippen molar-refractivity contribution in [2.45, 2.75) is 4.21 Å². The number of thioether (sulfide) groups is 1. The summed E-state index contributed by atoms with van der Waals surface area (Å²) in [5.74, 6) is 0.444. The molecule has 0 bridgehead atoms. The Bertz CT molecular complexity index is 317. The maximum atomic E-state index is 11.9. The number of aliphatic hydroxyl groups is 1. The molecule has 0 aliphatic carbocycles. The summed E-state index contributed by atoms with van der Waals surface area (Å²) in [6.07, 6.45) is 0. The van der Waals surface area contributed by atoms with E-state index >= 15 is 0 Å². The molecule has 1 heterocycles. The molecule has 1 aromatic rings. The van der Waals surface area contributed by atoms with E-state index in [1.54, 1.807) is 23.3 Å². The average molecular weight is 275 g/mol. The van der Waals surface area contributed by atoms with Crippen molar-refractivity contribution in [1.82, 2.24) is 4.90 Å². The number of methoxy groups -OCH3 is 1. The van der Waals surface area contributed by atoms with Crippen LogP contribution in [0.5, 0.6) is 0 Å². The number of aliphatic hydroxyl groups excluding tert-OH is 1. The highest BCUT2D eigenvalue weighted by Gasteiger charge is 2.13. The number of nitrogens with zero attached hydrogens (tertiary/aromatic N) is 1. The van der Waals surface area contributed by atoms with E-state index in [1.807, 2.05) is 17.5 Å². The van der Waals surface area contributed by atoms with Crippen LogP contribution in [-0.4, -0.2) is 55.1 Å². The Morgan fingerprint density at radius 3 is 3.00 bits per heavy atom. The Labute approximate surface area is 110 Å². The Balaban J connectivity index is 2.35. The van der Waals surface area contributed by atoms with Gasteiger partial charge in [0, 0.05) is 20.2 Å². The molecule has 0 atom stereocenters. The van der Waals surface area contributed by atoms with E-state index in [0.717, 1.165) is 4.21 Å². The lowest BCUT2D eigenvalue weighted by Crippen LogP contribution is -2.37. The minimum atomic E-state index is -0.0148. The molecule has 1 N–H and O–H groups in total. The number of ether oxygens (including phenoxy) is 1. The van der Waals surface area contributed by atoms with E-state index in [-0.39, 0.29) is 12.5 Å². The smallest absolute Gasteiger partial charge is 0.233 e. The number of carbonyl (C=O) groups is 1. The van der Waals surface area contributed by atoms with Crippen molar-refractivity contribution < 1.29 is 14.6 Å². The van der Waals surface area contributed by atoms with E-state index in [9.17, 15) is 4.79 Å². The van der Waals surface area contributed by atoms with Gasteiger partial charge in [0.25, 0.3) is 0 Å². The first kappa shape index (κ1) is 14.5. The molecule has 0 fully saturated rings. The van der Waals surface area contributed by atoms with Crippen LogP contribution in [0.4, 0.5) is 0 Å². The van der Waals surface area contributed by atoms with Crippen molar-refractivity contribution in [2.24, 2.45) is 0 Å². The van der Waals surface area contributed by atoms with Gasteiger partial charge in [-0.25, -0.2) is 0 Å². The number of hydrogen-bond acceptors (Lipinski definition) is 5. The molecule has 1 aromatic heterocycles. The fourth-order valence-corrected chi connectivity index (χ4v) is 2.94. The van der Waals surface area contributed by atoms with Crippen molar-refractivity contribution >= 4 is 29.0 Å². The van der Waals surface area contributed by atoms with Crippen molar-refractivity contribution in [3.8, 4) is 0 Å². The Morgan fingerprint density at radius 2 is 2.41 bits per heavy atom. The zero-order valence-corrected chi connectivity index (χ0v) is 11.4. The van der Waals surface area contributed by atoms with Crippen LogP contribution in [0.2, 0.25) is 0 Å². The molecule has 17 heavy (non-hydrogen) atoms. The summed E-state index contributed by atoms with van der Waals surface area (Å²) in [6.45, 7) is 1.38. The van der Waals surface area contributed by atoms with Crippen LogP contribution in [-0.2, 0) is 9.53 Å². The zero-order valence-electron chi connectivity index (χ0n) is 9.80. The van der Waals surface area contributed by atoms with Gasteiger partial charge < -0.3 is 14.7 Å². The monoisotopic (exact) mass is 275 g/mol. The molecule has 0 aromatic carbocycles. The molecule has 0 spiro atoms. The zero-order chi connectivity index (χ0) is 12.5. The van der Waals surface area contributed by atoms with Crippen LogP contribution in [0, 0.1) is 0 Å². The number of carbonyl (C=O) groups excluding carboxylic acids is 1. The SMILES string of the molecule is COCCN(CCO)C(=O)CSc1cccs1. The molecule has 0 radical (unpaired) electrons. The molecule has 4 nitrogen and oxygen atoms in total. The Hall–Kier alpha value is -0.560. The molecule has 96 valence electrons. The van der Waals surface area contributed by atoms with Gasteiger partial charge in [0.05, 0.1) is 23.2 Å². The molecule has 0 saturated heterocycles. The molecule has 0 saturated carbocycles. The summed E-state index contributed by atoms with van der Waals surface area (Å²) in [7, 11) is 1.60. The van der Waals surface area contributed by atoms with Crippen LogP contribution in [0.15, 0.2) is 21.7 Å². The summed E-state index contributed by atoms with van der Waals surface area (Å²) < 4.78 is 6.07. The average Bonchev–Trinajstić information content (AvgIpc) is 2.84. The Morgan fingerprint density at radius 1 is 1.59 bits per heavy atom. The van der Waals surface area contributed by atoms with Crippen LogP contribution < -0.4 is 0 Å². The molecule has 1 rings (SSSR count). The third-order valence-electron chi connectivity index (χ3n) is 2.12. The van der Waals surface area contributed by atoms with Crippen molar-refractivity contribution in [3.05, 3.63) is 17.5 Å². The van der Waals surface area contributed by atoms with Gasteiger partial charge in [0.2, 0.25) is 5.91 Å². The minimum Gasteiger partial charge on any atom is -0.395 e. The second-order valence-corrected chi connectivity index (χ2v) is 5.54. The number of rotatable bonds is 8. The number of amides is 1. The lowest BCUT2D eigenvalue weighted by molar-refractivity contribution is -0.129. The van der Waals surface area contributed by atoms with E-state index in [2.05, 4.69) is 0 Å². The largest absolute Gasteiger partial charge is 0.395 e. The normalized spacial score (nSPS) is 10.5. The first-order valence-electron chi connectivity index (χ1n) is 5.31. The standard InChI is InChI=1S/C11H17NO3S2/c1-15-7-5-12(4-6-13)10(14)9-17-11-3-2-8-16-11/h2-3,8,13H,4-7,9H2,1H3. The first-order chi connectivity index (χ1) is 8.27. The molecular formula is C11H17NO3S2. The molecular weight excluding hydrogens is 258 g/mol. The van der Waals surface area contributed by atoms with Crippen molar-refractivity contribution in [3.63, 3.8) is 0 Å². The first-order valence-corrected chi connectivity index (χ1v) is 7.18. The summed E-state index contributed by atoms with van der Waals surface area (Å²) in [5.41, 5.74) is 0. The Kier molecular flexibility index (Phi) is 7.27. The summed E-state index contributed by atoms with van der Waals surface area (Å²) in [5, 5.41) is 10.9. The highest BCUT2D eigenvalue weighted by atomic mass is 32.2. The van der Waals surface area contributed by atoms with Crippen molar-refractivity contribution in [2.75, 3.05) is 39.2 Å². The molecule has 0 unspecified atom stereocenters. The molecule has 0 aliphatic heterocycles. The number of hydrogen-bond donors (Lipinski definition) is 1. The van der Waals surface area contributed by atoms with Gasteiger partial charge in [0.15, 0.2) is 0 Å². The van der Waals surface area contributed by atoms with Gasteiger partial charge in [0.1, 0.15) is 0 Å². The highest BCUT2D eigenvalue weighted by molar-refractivity contribution is 8.01. The van der Waals surface area contributed by atoms with Gasteiger partial charge >= 0.3 is 0 Å². The van der Waals surface area contributed by atoms with Crippen molar-refractivity contribution in [1.29, 1.82) is 0 Å². The van der Waals surface area contributed by atoms with E-state index in [0.29, 0.717) is 25.4 Å². The second kappa shape index (κ2) is 8.52. The van der Waals surface area contributed by atoms with Crippen LogP contribution in [0.25, 0.3) is 0 Å².